The minimum Gasteiger partial charge on any atom is -0.465 e. The number of rotatable bonds is 6. The molecule has 5 nitrogen and oxygen atoms in total. The molecule has 0 N–H and O–H groups in total. The summed E-state index contributed by atoms with van der Waals surface area (Å²) in [5, 5.41) is 0. The normalized spacial score (nSPS) is 11.9. The van der Waals surface area contributed by atoms with Crippen LogP contribution < -0.4 is 0 Å². The van der Waals surface area contributed by atoms with Gasteiger partial charge in [-0.05, 0) is 31.2 Å². The minimum absolute atomic E-state index is 0.341. The molecule has 0 amide bonds. The molecule has 0 aliphatic carbocycles. The lowest BCUT2D eigenvalue weighted by molar-refractivity contribution is 0.0600. The fourth-order valence-corrected chi connectivity index (χ4v) is 2.94. The molecule has 1 aromatic carbocycles. The summed E-state index contributed by atoms with van der Waals surface area (Å²) >= 11 is 0. The number of ether oxygens (including phenoxy) is 2. The van der Waals surface area contributed by atoms with Crippen LogP contribution in [-0.2, 0) is 16.2 Å². The number of fused-ring (bicyclic) bond motifs is 1. The molecule has 120 valence electrons. The number of nitrogens with zero attached hydrogens (tertiary/aromatic N) is 2. The smallest absolute Gasteiger partial charge is 0.337 e. The summed E-state index contributed by atoms with van der Waals surface area (Å²) in [4.78, 5) is 16.2. The summed E-state index contributed by atoms with van der Waals surface area (Å²) < 4.78 is 12.6. The first-order chi connectivity index (χ1) is 10.3. The molecule has 2 aromatic rings. The zero-order chi connectivity index (χ0) is 16.3. The van der Waals surface area contributed by atoms with Gasteiger partial charge in [0.2, 0.25) is 0 Å². The van der Waals surface area contributed by atoms with Gasteiger partial charge in [0.25, 0.3) is 0 Å². The predicted molar refractivity (Wildman–Crippen MR) is 89.9 cm³/mol. The molecular weight excluding hydrogens is 296 g/mol. The van der Waals surface area contributed by atoms with E-state index in [0.29, 0.717) is 12.3 Å². The number of carbonyl (C=O) groups excluding carboxylic acids is 1. The average Bonchev–Trinajstić information content (AvgIpc) is 2.76. The van der Waals surface area contributed by atoms with Crippen LogP contribution in [0.2, 0.25) is 25.7 Å². The van der Waals surface area contributed by atoms with Gasteiger partial charge >= 0.3 is 5.97 Å². The Kier molecular flexibility index (Phi) is 5.03. The van der Waals surface area contributed by atoms with E-state index in [4.69, 9.17) is 9.47 Å². The number of hydrogen-bond acceptors (Lipinski definition) is 4. The van der Waals surface area contributed by atoms with E-state index in [0.717, 1.165) is 29.5 Å². The van der Waals surface area contributed by atoms with Crippen molar-refractivity contribution < 1.29 is 14.3 Å². The lowest BCUT2D eigenvalue weighted by Gasteiger charge is -2.16. The lowest BCUT2D eigenvalue weighted by atomic mass is 10.2. The van der Waals surface area contributed by atoms with Crippen molar-refractivity contribution in [3.05, 3.63) is 29.6 Å². The Morgan fingerprint density at radius 3 is 2.68 bits per heavy atom. The number of carbonyl (C=O) groups is 1. The van der Waals surface area contributed by atoms with Crippen LogP contribution in [0.5, 0.6) is 0 Å². The highest BCUT2D eigenvalue weighted by atomic mass is 28.3. The van der Waals surface area contributed by atoms with E-state index in [9.17, 15) is 4.79 Å². The third-order valence-electron chi connectivity index (χ3n) is 3.58. The standard InChI is InChI=1S/C16H24N2O3Si/c1-12-17-14-7-6-13(16(19)20-2)10-15(14)18(12)11-21-8-9-22(3,4)5/h6-7,10H,8-9,11H2,1-5H3. The van der Waals surface area contributed by atoms with E-state index in [1.807, 2.05) is 23.6 Å². The van der Waals surface area contributed by atoms with Crippen molar-refractivity contribution in [3.8, 4) is 0 Å². The van der Waals surface area contributed by atoms with Crippen molar-refractivity contribution in [1.29, 1.82) is 0 Å². The maximum Gasteiger partial charge on any atom is 0.337 e. The molecule has 22 heavy (non-hydrogen) atoms. The molecule has 0 aliphatic heterocycles. The molecular formula is C16H24N2O3Si. The van der Waals surface area contributed by atoms with Gasteiger partial charge in [0.15, 0.2) is 0 Å². The van der Waals surface area contributed by atoms with E-state index >= 15 is 0 Å². The molecule has 0 bridgehead atoms. The largest absolute Gasteiger partial charge is 0.465 e. The molecule has 0 aliphatic rings. The molecule has 6 heteroatoms. The van der Waals surface area contributed by atoms with Crippen LogP contribution in [0.25, 0.3) is 11.0 Å². The first kappa shape index (κ1) is 16.7. The zero-order valence-corrected chi connectivity index (χ0v) is 15.0. The lowest BCUT2D eigenvalue weighted by Crippen LogP contribution is -2.22. The van der Waals surface area contributed by atoms with Gasteiger partial charge in [-0.1, -0.05) is 19.6 Å². The Balaban J connectivity index is 2.17. The Labute approximate surface area is 132 Å². The van der Waals surface area contributed by atoms with Crippen molar-refractivity contribution in [1.82, 2.24) is 9.55 Å². The maximum absolute atomic E-state index is 11.7. The molecule has 0 saturated carbocycles. The first-order valence-electron chi connectivity index (χ1n) is 7.45. The van der Waals surface area contributed by atoms with Crippen LogP contribution in [0.15, 0.2) is 18.2 Å². The molecule has 0 fully saturated rings. The number of aromatic nitrogens is 2. The Hall–Kier alpha value is -1.66. The number of imidazole rings is 1. The summed E-state index contributed by atoms with van der Waals surface area (Å²) in [6, 6.07) is 6.51. The van der Waals surface area contributed by atoms with Crippen LogP contribution in [0.1, 0.15) is 16.2 Å². The first-order valence-corrected chi connectivity index (χ1v) is 11.2. The van der Waals surface area contributed by atoms with Gasteiger partial charge in [-0.2, -0.15) is 0 Å². The van der Waals surface area contributed by atoms with Crippen LogP contribution in [0.3, 0.4) is 0 Å². The summed E-state index contributed by atoms with van der Waals surface area (Å²) in [6.45, 7) is 10.1. The summed E-state index contributed by atoms with van der Waals surface area (Å²) in [5.41, 5.74) is 2.28. The Bertz CT molecular complexity index is 674. The number of hydrogen-bond donors (Lipinski definition) is 0. The number of methoxy groups -OCH3 is 1. The van der Waals surface area contributed by atoms with E-state index < -0.39 is 8.07 Å². The third-order valence-corrected chi connectivity index (χ3v) is 5.28. The van der Waals surface area contributed by atoms with Gasteiger partial charge in [0.1, 0.15) is 12.6 Å². The second-order valence-electron chi connectivity index (χ2n) is 6.63. The van der Waals surface area contributed by atoms with Crippen LogP contribution >= 0.6 is 0 Å². The summed E-state index contributed by atoms with van der Waals surface area (Å²) in [6.07, 6.45) is 0. The predicted octanol–water partition coefficient (Wildman–Crippen LogP) is 3.44. The van der Waals surface area contributed by atoms with Crippen molar-refractivity contribution >= 4 is 25.1 Å². The van der Waals surface area contributed by atoms with Crippen LogP contribution in [-0.4, -0.2) is 37.3 Å². The molecule has 2 rings (SSSR count). The van der Waals surface area contributed by atoms with E-state index in [1.165, 1.54) is 7.11 Å². The van der Waals surface area contributed by atoms with Crippen molar-refractivity contribution in [3.63, 3.8) is 0 Å². The fourth-order valence-electron chi connectivity index (χ4n) is 2.19. The molecule has 0 saturated heterocycles. The number of benzene rings is 1. The Morgan fingerprint density at radius 2 is 2.05 bits per heavy atom. The second kappa shape index (κ2) is 6.62. The highest BCUT2D eigenvalue weighted by Crippen LogP contribution is 2.19. The van der Waals surface area contributed by atoms with E-state index in [1.54, 1.807) is 6.07 Å². The second-order valence-corrected chi connectivity index (χ2v) is 12.3. The van der Waals surface area contributed by atoms with Gasteiger partial charge < -0.3 is 14.0 Å². The monoisotopic (exact) mass is 320 g/mol. The maximum atomic E-state index is 11.7. The van der Waals surface area contributed by atoms with Gasteiger partial charge in [-0.15, -0.1) is 0 Å². The minimum atomic E-state index is -1.09. The average molecular weight is 320 g/mol. The van der Waals surface area contributed by atoms with Gasteiger partial charge in [0, 0.05) is 14.7 Å². The molecule has 1 heterocycles. The van der Waals surface area contributed by atoms with Crippen molar-refractivity contribution in [2.75, 3.05) is 13.7 Å². The topological polar surface area (TPSA) is 53.3 Å². The zero-order valence-electron chi connectivity index (χ0n) is 14.0. The highest BCUT2D eigenvalue weighted by Gasteiger charge is 2.14. The fraction of sp³-hybridized carbons (Fsp3) is 0.500. The summed E-state index contributed by atoms with van der Waals surface area (Å²) in [7, 11) is 0.297. The van der Waals surface area contributed by atoms with Crippen LogP contribution in [0, 0.1) is 6.92 Å². The SMILES string of the molecule is COC(=O)c1ccc2nc(C)n(COCC[Si](C)(C)C)c2c1. The molecule has 0 spiro atoms. The van der Waals surface area contributed by atoms with Gasteiger partial charge in [0.05, 0.1) is 23.7 Å². The van der Waals surface area contributed by atoms with Gasteiger partial charge in [-0.25, -0.2) is 9.78 Å². The number of esters is 1. The highest BCUT2D eigenvalue weighted by molar-refractivity contribution is 6.76. The van der Waals surface area contributed by atoms with E-state index in [-0.39, 0.29) is 5.97 Å². The molecule has 0 radical (unpaired) electrons. The third kappa shape index (κ3) is 3.95. The molecule has 0 unspecified atom stereocenters. The Morgan fingerprint density at radius 1 is 1.32 bits per heavy atom. The van der Waals surface area contributed by atoms with Crippen LogP contribution in [0.4, 0.5) is 0 Å². The summed E-state index contributed by atoms with van der Waals surface area (Å²) in [5.74, 6) is 0.539. The van der Waals surface area contributed by atoms with Gasteiger partial charge in [-0.3, -0.25) is 0 Å². The van der Waals surface area contributed by atoms with E-state index in [2.05, 4.69) is 24.6 Å². The quantitative estimate of drug-likeness (QED) is 0.465. The number of aryl methyl sites for hydroxylation is 1. The molecule has 0 atom stereocenters. The van der Waals surface area contributed by atoms with Crippen molar-refractivity contribution in [2.24, 2.45) is 0 Å². The molecule has 1 aromatic heterocycles. The van der Waals surface area contributed by atoms with Crippen molar-refractivity contribution in [2.45, 2.75) is 39.3 Å².